The fourth-order valence-corrected chi connectivity index (χ4v) is 2.94. The molecule has 0 saturated carbocycles. The Labute approximate surface area is 192 Å². The van der Waals surface area contributed by atoms with Gasteiger partial charge in [-0.2, -0.15) is 13.2 Å². The van der Waals surface area contributed by atoms with E-state index >= 15 is 0 Å². The van der Waals surface area contributed by atoms with Crippen LogP contribution in [0, 0.1) is 0 Å². The molecule has 0 unspecified atom stereocenters. The lowest BCUT2D eigenvalue weighted by Crippen LogP contribution is -2.10. The minimum atomic E-state index is -4.46. The number of hydrogen-bond donors (Lipinski definition) is 0. The van der Waals surface area contributed by atoms with Crippen LogP contribution in [0.1, 0.15) is 34.0 Å². The average molecular weight is 482 g/mol. The molecule has 0 bridgehead atoms. The largest absolute Gasteiger partial charge is 0.423 e. The summed E-state index contributed by atoms with van der Waals surface area (Å²) in [6.45, 7) is 1.83. The number of hydrogen-bond acceptors (Lipinski definition) is 4. The highest BCUT2D eigenvalue weighted by molar-refractivity contribution is 6.42. The second-order valence-corrected chi connectivity index (χ2v) is 7.51. The van der Waals surface area contributed by atoms with E-state index in [1.54, 1.807) is 43.3 Å². The van der Waals surface area contributed by atoms with E-state index in [0.717, 1.165) is 29.8 Å². The Morgan fingerprint density at radius 3 is 2.31 bits per heavy atom. The third-order valence-electron chi connectivity index (χ3n) is 4.32. The number of nitrogens with zero attached hydrogens (tertiary/aromatic N) is 1. The Bertz CT molecular complexity index is 1150. The second-order valence-electron chi connectivity index (χ2n) is 6.69. The van der Waals surface area contributed by atoms with Crippen molar-refractivity contribution in [2.24, 2.45) is 5.16 Å². The third kappa shape index (κ3) is 6.24. The Hall–Kier alpha value is -3.03. The van der Waals surface area contributed by atoms with Crippen molar-refractivity contribution in [1.29, 1.82) is 0 Å². The summed E-state index contributed by atoms with van der Waals surface area (Å²) in [6, 6.07) is 15.4. The minimum Gasteiger partial charge on any atom is -0.423 e. The van der Waals surface area contributed by atoms with Gasteiger partial charge in [0, 0.05) is 5.56 Å². The molecular weight excluding hydrogens is 466 g/mol. The summed E-state index contributed by atoms with van der Waals surface area (Å²) in [7, 11) is 0. The van der Waals surface area contributed by atoms with Crippen molar-refractivity contribution >= 4 is 34.9 Å². The maximum atomic E-state index is 12.6. The number of oxime groups is 1. The Balaban J connectivity index is 1.62. The quantitative estimate of drug-likeness (QED) is 0.162. The number of alkyl halides is 3. The number of halogens is 5. The smallest absolute Gasteiger partial charge is 0.416 e. The third-order valence-corrected chi connectivity index (χ3v) is 5.06. The summed E-state index contributed by atoms with van der Waals surface area (Å²) in [5.74, 6) is -0.700. The highest BCUT2D eigenvalue weighted by Gasteiger charge is 2.30. The zero-order valence-corrected chi connectivity index (χ0v) is 18.1. The fraction of sp³-hybridized carbons (Fsp3) is 0.130. The van der Waals surface area contributed by atoms with Gasteiger partial charge in [0.2, 0.25) is 0 Å². The summed E-state index contributed by atoms with van der Waals surface area (Å²) < 4.78 is 43.0. The molecule has 166 valence electrons. The van der Waals surface area contributed by atoms with Gasteiger partial charge in [0.05, 0.1) is 26.9 Å². The molecule has 0 fully saturated rings. The van der Waals surface area contributed by atoms with E-state index in [-0.39, 0.29) is 17.9 Å². The van der Waals surface area contributed by atoms with E-state index in [0.29, 0.717) is 21.3 Å². The van der Waals surface area contributed by atoms with Crippen LogP contribution in [0.2, 0.25) is 10.0 Å². The molecule has 0 aliphatic carbocycles. The molecule has 4 nitrogen and oxygen atoms in total. The van der Waals surface area contributed by atoms with Gasteiger partial charge in [-0.3, -0.25) is 0 Å². The first-order chi connectivity index (χ1) is 15.1. The molecule has 9 heteroatoms. The second kappa shape index (κ2) is 10.1. The van der Waals surface area contributed by atoms with Crippen LogP contribution in [0.25, 0.3) is 0 Å². The summed E-state index contributed by atoms with van der Waals surface area (Å²) in [5, 5.41) is 4.87. The van der Waals surface area contributed by atoms with Gasteiger partial charge >= 0.3 is 12.1 Å². The minimum absolute atomic E-state index is 0.00602. The summed E-state index contributed by atoms with van der Waals surface area (Å²) in [4.78, 5) is 17.7. The van der Waals surface area contributed by atoms with E-state index in [2.05, 4.69) is 5.16 Å². The lowest BCUT2D eigenvalue weighted by atomic mass is 10.1. The van der Waals surface area contributed by atoms with Gasteiger partial charge in [0.25, 0.3) is 0 Å². The molecule has 32 heavy (non-hydrogen) atoms. The number of ether oxygens (including phenoxy) is 1. The summed E-state index contributed by atoms with van der Waals surface area (Å²) in [5.41, 5.74) is 1.37. The van der Waals surface area contributed by atoms with E-state index in [1.165, 1.54) is 6.07 Å². The number of carbonyl (C=O) groups is 1. The van der Waals surface area contributed by atoms with Crippen molar-refractivity contribution in [3.8, 4) is 5.75 Å². The molecular formula is C23H16Cl2F3NO3. The van der Waals surface area contributed by atoms with Crippen LogP contribution in [-0.4, -0.2) is 11.7 Å². The molecule has 0 spiro atoms. The van der Waals surface area contributed by atoms with Crippen LogP contribution in [-0.2, 0) is 17.6 Å². The van der Waals surface area contributed by atoms with E-state index in [9.17, 15) is 18.0 Å². The van der Waals surface area contributed by atoms with Gasteiger partial charge in [0.15, 0.2) is 0 Å². The Kier molecular flexibility index (Phi) is 7.43. The predicted octanol–water partition coefficient (Wildman–Crippen LogP) is 7.17. The van der Waals surface area contributed by atoms with Crippen LogP contribution in [0.15, 0.2) is 71.9 Å². The van der Waals surface area contributed by atoms with Crippen molar-refractivity contribution < 1.29 is 27.5 Å². The monoisotopic (exact) mass is 481 g/mol. The highest BCUT2D eigenvalue weighted by Crippen LogP contribution is 2.30. The molecule has 0 aromatic heterocycles. The highest BCUT2D eigenvalue weighted by atomic mass is 35.5. The van der Waals surface area contributed by atoms with Gasteiger partial charge in [-0.25, -0.2) is 4.79 Å². The maximum Gasteiger partial charge on any atom is 0.416 e. The van der Waals surface area contributed by atoms with Gasteiger partial charge < -0.3 is 9.57 Å². The van der Waals surface area contributed by atoms with E-state index in [4.69, 9.17) is 32.8 Å². The van der Waals surface area contributed by atoms with Crippen LogP contribution in [0.4, 0.5) is 13.2 Å². The maximum absolute atomic E-state index is 12.6. The lowest BCUT2D eigenvalue weighted by Gasteiger charge is -2.09. The molecule has 3 aromatic carbocycles. The Morgan fingerprint density at radius 1 is 0.938 bits per heavy atom. The normalized spacial score (nSPS) is 11.9. The molecule has 3 aromatic rings. The van der Waals surface area contributed by atoms with Crippen molar-refractivity contribution in [3.05, 3.63) is 99.0 Å². The lowest BCUT2D eigenvalue weighted by molar-refractivity contribution is -0.137. The van der Waals surface area contributed by atoms with Crippen molar-refractivity contribution in [2.45, 2.75) is 19.7 Å². The van der Waals surface area contributed by atoms with Crippen molar-refractivity contribution in [3.63, 3.8) is 0 Å². The van der Waals surface area contributed by atoms with Gasteiger partial charge in [-0.1, -0.05) is 46.6 Å². The molecule has 0 aliphatic heterocycles. The molecule has 0 atom stereocenters. The van der Waals surface area contributed by atoms with Crippen molar-refractivity contribution in [2.75, 3.05) is 0 Å². The predicted molar refractivity (Wildman–Crippen MR) is 116 cm³/mol. The van der Waals surface area contributed by atoms with Crippen LogP contribution in [0.3, 0.4) is 0 Å². The van der Waals surface area contributed by atoms with Gasteiger partial charge in [-0.15, -0.1) is 0 Å². The fourth-order valence-electron chi connectivity index (χ4n) is 2.64. The van der Waals surface area contributed by atoms with E-state index < -0.39 is 17.7 Å². The topological polar surface area (TPSA) is 47.9 Å². The molecule has 0 N–H and O–H groups in total. The molecule has 0 saturated heterocycles. The zero-order valence-electron chi connectivity index (χ0n) is 16.6. The number of esters is 1. The number of carbonyl (C=O) groups excluding carboxylic acids is 1. The average Bonchev–Trinajstić information content (AvgIpc) is 2.75. The molecule has 0 amide bonds. The molecule has 0 radical (unpaired) electrons. The Morgan fingerprint density at radius 2 is 1.66 bits per heavy atom. The van der Waals surface area contributed by atoms with Crippen LogP contribution < -0.4 is 4.74 Å². The first kappa shape index (κ1) is 23.6. The van der Waals surface area contributed by atoms with E-state index in [1.807, 2.05) is 0 Å². The first-order valence-corrected chi connectivity index (χ1v) is 9.99. The zero-order chi connectivity index (χ0) is 23.3. The summed E-state index contributed by atoms with van der Waals surface area (Å²) >= 11 is 11.9. The number of rotatable bonds is 6. The van der Waals surface area contributed by atoms with Crippen molar-refractivity contribution in [1.82, 2.24) is 0 Å². The standard InChI is InChI=1S/C23H16Cl2F3NO3/c1-14(16-5-10-20(24)21(25)12-16)29-31-13-15-3-2-4-17(11-15)22(30)32-19-8-6-18(7-9-19)23(26,27)28/h2-12H,13H2,1H3/b29-14-. The SMILES string of the molecule is C/C(=N/OCc1cccc(C(=O)Oc2ccc(C(F)(F)F)cc2)c1)c1ccc(Cl)c(Cl)c1. The summed E-state index contributed by atoms with van der Waals surface area (Å²) in [6.07, 6.45) is -4.46. The first-order valence-electron chi connectivity index (χ1n) is 9.24. The van der Waals surface area contributed by atoms with Gasteiger partial charge in [-0.05, 0) is 61.0 Å². The van der Waals surface area contributed by atoms with Crippen LogP contribution >= 0.6 is 23.2 Å². The van der Waals surface area contributed by atoms with Gasteiger partial charge in [0.1, 0.15) is 12.4 Å². The molecule has 0 aliphatic rings. The molecule has 0 heterocycles. The van der Waals surface area contributed by atoms with Crippen LogP contribution in [0.5, 0.6) is 5.75 Å². The molecule has 3 rings (SSSR count). The number of benzene rings is 3.